The Kier molecular flexibility index (Phi) is 7.87. The van der Waals surface area contributed by atoms with Crippen molar-refractivity contribution in [3.63, 3.8) is 0 Å². The van der Waals surface area contributed by atoms with E-state index >= 15 is 0 Å². The quantitative estimate of drug-likeness (QED) is 0.642. The standard InChI is InChI=1S/C15H32N2O/c1-5-6-7-10-17(4)12-15-9-8-14(18-15)11-16-13(2)3/h13-16H,5-12H2,1-4H3. The summed E-state index contributed by atoms with van der Waals surface area (Å²) in [5.74, 6) is 0. The van der Waals surface area contributed by atoms with E-state index in [-0.39, 0.29) is 0 Å². The summed E-state index contributed by atoms with van der Waals surface area (Å²) in [5, 5.41) is 3.46. The van der Waals surface area contributed by atoms with Gasteiger partial charge in [0.05, 0.1) is 12.2 Å². The molecule has 1 aliphatic rings. The van der Waals surface area contributed by atoms with E-state index < -0.39 is 0 Å². The lowest BCUT2D eigenvalue weighted by Crippen LogP contribution is -2.34. The van der Waals surface area contributed by atoms with Crippen LogP contribution in [0.4, 0.5) is 0 Å². The minimum Gasteiger partial charge on any atom is -0.372 e. The van der Waals surface area contributed by atoms with E-state index in [1.165, 1.54) is 38.6 Å². The minimum absolute atomic E-state index is 0.432. The number of unbranched alkanes of at least 4 members (excludes halogenated alkanes) is 2. The van der Waals surface area contributed by atoms with Crippen LogP contribution in [0.5, 0.6) is 0 Å². The van der Waals surface area contributed by atoms with Crippen LogP contribution in [-0.4, -0.2) is 49.8 Å². The maximum atomic E-state index is 6.08. The van der Waals surface area contributed by atoms with Gasteiger partial charge in [0.1, 0.15) is 0 Å². The second-order valence-corrected chi connectivity index (χ2v) is 5.99. The molecule has 2 atom stereocenters. The summed E-state index contributed by atoms with van der Waals surface area (Å²) in [6, 6.07) is 0.560. The van der Waals surface area contributed by atoms with Gasteiger partial charge in [0, 0.05) is 19.1 Å². The van der Waals surface area contributed by atoms with Crippen molar-refractivity contribution in [2.24, 2.45) is 0 Å². The molecule has 0 bridgehead atoms. The molecule has 1 fully saturated rings. The molecule has 18 heavy (non-hydrogen) atoms. The molecule has 3 heteroatoms. The van der Waals surface area contributed by atoms with Crippen LogP contribution in [0.1, 0.15) is 52.9 Å². The van der Waals surface area contributed by atoms with E-state index in [1.54, 1.807) is 0 Å². The first kappa shape index (κ1) is 15.9. The lowest BCUT2D eigenvalue weighted by Gasteiger charge is -2.21. The van der Waals surface area contributed by atoms with Crippen molar-refractivity contribution in [3.05, 3.63) is 0 Å². The van der Waals surface area contributed by atoms with Gasteiger partial charge in [-0.25, -0.2) is 0 Å². The first-order chi connectivity index (χ1) is 8.61. The van der Waals surface area contributed by atoms with Gasteiger partial charge < -0.3 is 15.0 Å². The molecular formula is C15H32N2O. The Hall–Kier alpha value is -0.120. The van der Waals surface area contributed by atoms with Crippen molar-refractivity contribution >= 4 is 0 Å². The molecule has 1 N–H and O–H groups in total. The number of nitrogens with one attached hydrogen (secondary N) is 1. The molecule has 0 radical (unpaired) electrons. The first-order valence-electron chi connectivity index (χ1n) is 7.69. The first-order valence-corrected chi connectivity index (χ1v) is 7.69. The van der Waals surface area contributed by atoms with E-state index in [0.29, 0.717) is 18.2 Å². The van der Waals surface area contributed by atoms with Gasteiger partial charge >= 0.3 is 0 Å². The Morgan fingerprint density at radius 3 is 2.61 bits per heavy atom. The molecule has 2 unspecified atom stereocenters. The smallest absolute Gasteiger partial charge is 0.0707 e. The van der Waals surface area contributed by atoms with Crippen LogP contribution in [0.25, 0.3) is 0 Å². The summed E-state index contributed by atoms with van der Waals surface area (Å²) in [7, 11) is 2.22. The molecule has 1 saturated heterocycles. The van der Waals surface area contributed by atoms with Crippen LogP contribution < -0.4 is 5.32 Å². The Morgan fingerprint density at radius 1 is 1.22 bits per heavy atom. The zero-order valence-electron chi connectivity index (χ0n) is 12.7. The average molecular weight is 256 g/mol. The number of likely N-dealkylation sites (N-methyl/N-ethyl adjacent to an activating group) is 1. The predicted molar refractivity (Wildman–Crippen MR) is 78.1 cm³/mol. The van der Waals surface area contributed by atoms with Gasteiger partial charge in [-0.2, -0.15) is 0 Å². The van der Waals surface area contributed by atoms with Crippen LogP contribution in [0, 0.1) is 0 Å². The van der Waals surface area contributed by atoms with Crippen LogP contribution >= 0.6 is 0 Å². The van der Waals surface area contributed by atoms with Gasteiger partial charge in [-0.3, -0.25) is 0 Å². The Bertz CT molecular complexity index is 209. The molecule has 3 nitrogen and oxygen atoms in total. The molecule has 1 heterocycles. The van der Waals surface area contributed by atoms with Crippen molar-refractivity contribution in [2.45, 2.75) is 71.1 Å². The van der Waals surface area contributed by atoms with Crippen LogP contribution in [-0.2, 0) is 4.74 Å². The molecule has 0 aromatic heterocycles. The van der Waals surface area contributed by atoms with Crippen molar-refractivity contribution in [3.8, 4) is 0 Å². The van der Waals surface area contributed by atoms with Crippen molar-refractivity contribution in [1.29, 1.82) is 0 Å². The van der Waals surface area contributed by atoms with Gasteiger partial charge in [0.2, 0.25) is 0 Å². The lowest BCUT2D eigenvalue weighted by molar-refractivity contribution is 0.0269. The third-order valence-electron chi connectivity index (χ3n) is 3.61. The van der Waals surface area contributed by atoms with Crippen LogP contribution in [0.2, 0.25) is 0 Å². The van der Waals surface area contributed by atoms with Crippen molar-refractivity contribution in [2.75, 3.05) is 26.7 Å². The van der Waals surface area contributed by atoms with Gasteiger partial charge in [0.15, 0.2) is 0 Å². The number of ether oxygens (including phenoxy) is 1. The molecule has 0 aromatic carbocycles. The second-order valence-electron chi connectivity index (χ2n) is 5.99. The molecule has 0 aromatic rings. The Labute approximate surface area is 113 Å². The lowest BCUT2D eigenvalue weighted by atomic mass is 10.2. The largest absolute Gasteiger partial charge is 0.372 e. The number of nitrogens with zero attached hydrogens (tertiary/aromatic N) is 1. The molecular weight excluding hydrogens is 224 g/mol. The summed E-state index contributed by atoms with van der Waals surface area (Å²) in [5.41, 5.74) is 0. The van der Waals surface area contributed by atoms with Gasteiger partial charge in [-0.1, -0.05) is 33.6 Å². The summed E-state index contributed by atoms with van der Waals surface area (Å²) in [4.78, 5) is 2.43. The van der Waals surface area contributed by atoms with Crippen LogP contribution in [0.15, 0.2) is 0 Å². The highest BCUT2D eigenvalue weighted by Crippen LogP contribution is 2.20. The highest BCUT2D eigenvalue weighted by molar-refractivity contribution is 4.77. The Balaban J connectivity index is 2.09. The molecule has 0 aliphatic carbocycles. The fourth-order valence-corrected chi connectivity index (χ4v) is 2.50. The third kappa shape index (κ3) is 6.72. The van der Waals surface area contributed by atoms with Crippen molar-refractivity contribution in [1.82, 2.24) is 10.2 Å². The van der Waals surface area contributed by atoms with Gasteiger partial charge in [-0.05, 0) is 32.9 Å². The van der Waals surface area contributed by atoms with E-state index in [2.05, 4.69) is 38.0 Å². The maximum absolute atomic E-state index is 6.08. The molecule has 1 rings (SSSR count). The third-order valence-corrected chi connectivity index (χ3v) is 3.61. The normalized spacial score (nSPS) is 24.3. The van der Waals surface area contributed by atoms with Crippen LogP contribution in [0.3, 0.4) is 0 Å². The van der Waals surface area contributed by atoms with Gasteiger partial charge in [-0.15, -0.1) is 0 Å². The topological polar surface area (TPSA) is 24.5 Å². The SMILES string of the molecule is CCCCCN(C)CC1CCC(CNC(C)C)O1. The van der Waals surface area contributed by atoms with E-state index in [0.717, 1.165) is 13.1 Å². The average Bonchev–Trinajstić information content (AvgIpc) is 2.74. The number of hydrogen-bond acceptors (Lipinski definition) is 3. The fraction of sp³-hybridized carbons (Fsp3) is 1.00. The molecule has 0 amide bonds. The van der Waals surface area contributed by atoms with E-state index in [1.807, 2.05) is 0 Å². The summed E-state index contributed by atoms with van der Waals surface area (Å²) < 4.78 is 6.08. The zero-order chi connectivity index (χ0) is 13.4. The fourth-order valence-electron chi connectivity index (χ4n) is 2.50. The number of hydrogen-bond donors (Lipinski definition) is 1. The molecule has 1 aliphatic heterocycles. The van der Waals surface area contributed by atoms with Gasteiger partial charge in [0.25, 0.3) is 0 Å². The molecule has 0 spiro atoms. The number of rotatable bonds is 9. The van der Waals surface area contributed by atoms with Crippen molar-refractivity contribution < 1.29 is 4.74 Å². The predicted octanol–water partition coefficient (Wildman–Crippen LogP) is 2.65. The minimum atomic E-state index is 0.432. The molecule has 108 valence electrons. The highest BCUT2D eigenvalue weighted by Gasteiger charge is 2.25. The maximum Gasteiger partial charge on any atom is 0.0707 e. The van der Waals surface area contributed by atoms with E-state index in [4.69, 9.17) is 4.74 Å². The Morgan fingerprint density at radius 2 is 1.94 bits per heavy atom. The summed E-state index contributed by atoms with van der Waals surface area (Å²) >= 11 is 0. The zero-order valence-corrected chi connectivity index (χ0v) is 12.7. The summed E-state index contributed by atoms with van der Waals surface area (Å²) in [6.45, 7) is 9.95. The monoisotopic (exact) mass is 256 g/mol. The highest BCUT2D eigenvalue weighted by atomic mass is 16.5. The summed E-state index contributed by atoms with van der Waals surface area (Å²) in [6.07, 6.45) is 7.29. The second kappa shape index (κ2) is 8.89. The van der Waals surface area contributed by atoms with E-state index in [9.17, 15) is 0 Å². The molecule has 0 saturated carbocycles.